The number of halogens is 1. The lowest BCUT2D eigenvalue weighted by Crippen LogP contribution is -2.14. The molecule has 1 unspecified atom stereocenters. The summed E-state index contributed by atoms with van der Waals surface area (Å²) in [5.74, 6) is 0. The SMILES string of the molecule is O=CC1=C(C=O)C(F)CCC1. The van der Waals surface area contributed by atoms with Crippen LogP contribution >= 0.6 is 0 Å². The van der Waals surface area contributed by atoms with Crippen LogP contribution in [-0.4, -0.2) is 18.7 Å². The minimum atomic E-state index is -1.22. The molecule has 0 aromatic heterocycles. The lowest BCUT2D eigenvalue weighted by atomic mass is 9.92. The Morgan fingerprint density at radius 1 is 1.36 bits per heavy atom. The van der Waals surface area contributed by atoms with Gasteiger partial charge in [0.2, 0.25) is 0 Å². The fraction of sp³-hybridized carbons (Fsp3) is 0.500. The lowest BCUT2D eigenvalue weighted by Gasteiger charge is -2.15. The first-order valence-electron chi connectivity index (χ1n) is 3.57. The van der Waals surface area contributed by atoms with Crippen molar-refractivity contribution in [1.82, 2.24) is 0 Å². The standard InChI is InChI=1S/C8H9FO2/c9-8-3-1-2-6(4-10)7(8)5-11/h4-5,8H,1-3H2. The third-order valence-electron chi connectivity index (χ3n) is 1.88. The van der Waals surface area contributed by atoms with Crippen LogP contribution < -0.4 is 0 Å². The third kappa shape index (κ3) is 1.53. The summed E-state index contributed by atoms with van der Waals surface area (Å²) < 4.78 is 12.8. The molecule has 0 fully saturated rings. The molecular formula is C8H9FO2. The molecule has 11 heavy (non-hydrogen) atoms. The topological polar surface area (TPSA) is 34.1 Å². The number of carbonyl (C=O) groups is 2. The van der Waals surface area contributed by atoms with Gasteiger partial charge in [0.25, 0.3) is 0 Å². The lowest BCUT2D eigenvalue weighted by molar-refractivity contribution is -0.108. The van der Waals surface area contributed by atoms with Crippen molar-refractivity contribution in [2.24, 2.45) is 0 Å². The van der Waals surface area contributed by atoms with Crippen molar-refractivity contribution in [2.45, 2.75) is 25.4 Å². The van der Waals surface area contributed by atoms with Crippen molar-refractivity contribution in [3.63, 3.8) is 0 Å². The number of carbonyl (C=O) groups excluding carboxylic acids is 2. The molecule has 0 radical (unpaired) electrons. The maximum absolute atomic E-state index is 12.8. The zero-order valence-electron chi connectivity index (χ0n) is 6.05. The average molecular weight is 156 g/mol. The van der Waals surface area contributed by atoms with Crippen LogP contribution in [0.4, 0.5) is 4.39 Å². The Kier molecular flexibility index (Phi) is 2.52. The molecular weight excluding hydrogens is 147 g/mol. The monoisotopic (exact) mass is 156 g/mol. The zero-order valence-corrected chi connectivity index (χ0v) is 6.05. The summed E-state index contributed by atoms with van der Waals surface area (Å²) in [5, 5.41) is 0. The fourth-order valence-electron chi connectivity index (χ4n) is 1.25. The summed E-state index contributed by atoms with van der Waals surface area (Å²) in [6.45, 7) is 0. The Hall–Kier alpha value is -0.990. The highest BCUT2D eigenvalue weighted by molar-refractivity contribution is 5.88. The highest BCUT2D eigenvalue weighted by Crippen LogP contribution is 2.24. The summed E-state index contributed by atoms with van der Waals surface area (Å²) in [5.41, 5.74) is 0.380. The highest BCUT2D eigenvalue weighted by Gasteiger charge is 2.21. The maximum Gasteiger partial charge on any atom is 0.149 e. The van der Waals surface area contributed by atoms with Gasteiger partial charge in [-0.05, 0) is 19.3 Å². The summed E-state index contributed by atoms with van der Waals surface area (Å²) >= 11 is 0. The van der Waals surface area contributed by atoms with Crippen LogP contribution in [0, 0.1) is 0 Å². The number of hydrogen-bond donors (Lipinski definition) is 0. The number of allylic oxidation sites excluding steroid dienone is 2. The van der Waals surface area contributed by atoms with E-state index in [2.05, 4.69) is 0 Å². The Bertz CT molecular complexity index is 208. The molecule has 60 valence electrons. The molecule has 2 nitrogen and oxygen atoms in total. The van der Waals surface area contributed by atoms with Gasteiger partial charge in [-0.1, -0.05) is 0 Å². The normalized spacial score (nSPS) is 25.0. The van der Waals surface area contributed by atoms with E-state index in [9.17, 15) is 14.0 Å². The van der Waals surface area contributed by atoms with Crippen molar-refractivity contribution in [3.8, 4) is 0 Å². The first-order chi connectivity index (χ1) is 5.29. The van der Waals surface area contributed by atoms with Crippen molar-refractivity contribution in [3.05, 3.63) is 11.1 Å². The molecule has 0 saturated carbocycles. The van der Waals surface area contributed by atoms with Gasteiger partial charge in [-0.2, -0.15) is 0 Å². The van der Waals surface area contributed by atoms with E-state index in [4.69, 9.17) is 0 Å². The van der Waals surface area contributed by atoms with Crippen LogP contribution in [0.3, 0.4) is 0 Å². The summed E-state index contributed by atoms with van der Waals surface area (Å²) in [4.78, 5) is 20.6. The van der Waals surface area contributed by atoms with Crippen LogP contribution in [0.2, 0.25) is 0 Å². The van der Waals surface area contributed by atoms with Crippen LogP contribution in [0.25, 0.3) is 0 Å². The van der Waals surface area contributed by atoms with Crippen LogP contribution in [-0.2, 0) is 9.59 Å². The van der Waals surface area contributed by atoms with Crippen molar-refractivity contribution >= 4 is 12.6 Å². The molecule has 1 aliphatic rings. The smallest absolute Gasteiger partial charge is 0.149 e. The average Bonchev–Trinajstić information content (AvgIpc) is 2.04. The molecule has 1 atom stereocenters. The van der Waals surface area contributed by atoms with E-state index in [1.807, 2.05) is 0 Å². The molecule has 1 aliphatic carbocycles. The zero-order chi connectivity index (χ0) is 8.27. The number of hydrogen-bond acceptors (Lipinski definition) is 2. The van der Waals surface area contributed by atoms with E-state index in [1.54, 1.807) is 0 Å². The van der Waals surface area contributed by atoms with Crippen molar-refractivity contribution in [1.29, 1.82) is 0 Å². The first kappa shape index (κ1) is 8.11. The Balaban J connectivity index is 2.94. The molecule has 0 bridgehead atoms. The summed E-state index contributed by atoms with van der Waals surface area (Å²) in [6, 6.07) is 0. The first-order valence-corrected chi connectivity index (χ1v) is 3.57. The van der Waals surface area contributed by atoms with Gasteiger partial charge in [0.15, 0.2) is 0 Å². The van der Waals surface area contributed by atoms with Gasteiger partial charge >= 0.3 is 0 Å². The van der Waals surface area contributed by atoms with E-state index in [1.165, 1.54) is 0 Å². The number of rotatable bonds is 2. The van der Waals surface area contributed by atoms with E-state index in [0.29, 0.717) is 37.4 Å². The minimum Gasteiger partial charge on any atom is -0.298 e. The molecule has 0 aromatic carbocycles. The van der Waals surface area contributed by atoms with E-state index in [-0.39, 0.29) is 5.57 Å². The van der Waals surface area contributed by atoms with Gasteiger partial charge in [0.05, 0.1) is 0 Å². The van der Waals surface area contributed by atoms with Gasteiger partial charge in [-0.25, -0.2) is 4.39 Å². The predicted octanol–water partition coefficient (Wildman–Crippen LogP) is 1.20. The van der Waals surface area contributed by atoms with Crippen LogP contribution in [0.15, 0.2) is 11.1 Å². The van der Waals surface area contributed by atoms with Crippen LogP contribution in [0.1, 0.15) is 19.3 Å². The molecule has 3 heteroatoms. The molecule has 0 amide bonds. The minimum absolute atomic E-state index is 0.0475. The summed E-state index contributed by atoms with van der Waals surface area (Å²) in [7, 11) is 0. The number of aldehydes is 2. The molecule has 0 N–H and O–H groups in total. The van der Waals surface area contributed by atoms with Crippen molar-refractivity contribution < 1.29 is 14.0 Å². The molecule has 1 rings (SSSR count). The summed E-state index contributed by atoms with van der Waals surface area (Å²) in [6.07, 6.45) is 1.38. The predicted molar refractivity (Wildman–Crippen MR) is 37.9 cm³/mol. The highest BCUT2D eigenvalue weighted by atomic mass is 19.1. The third-order valence-corrected chi connectivity index (χ3v) is 1.88. The quantitative estimate of drug-likeness (QED) is 0.563. The van der Waals surface area contributed by atoms with E-state index in [0.717, 1.165) is 0 Å². The Labute approximate surface area is 64.1 Å². The largest absolute Gasteiger partial charge is 0.298 e. The second kappa shape index (κ2) is 3.42. The van der Waals surface area contributed by atoms with E-state index < -0.39 is 6.17 Å². The molecule has 0 aromatic rings. The second-order valence-corrected chi connectivity index (χ2v) is 2.58. The maximum atomic E-state index is 12.8. The van der Waals surface area contributed by atoms with Crippen molar-refractivity contribution in [2.75, 3.05) is 0 Å². The molecule has 0 saturated heterocycles. The Morgan fingerprint density at radius 2 is 2.09 bits per heavy atom. The van der Waals surface area contributed by atoms with E-state index >= 15 is 0 Å². The molecule has 0 spiro atoms. The Morgan fingerprint density at radius 3 is 2.55 bits per heavy atom. The van der Waals surface area contributed by atoms with Gasteiger partial charge in [0, 0.05) is 11.1 Å². The van der Waals surface area contributed by atoms with Crippen LogP contribution in [0.5, 0.6) is 0 Å². The molecule has 0 aliphatic heterocycles. The van der Waals surface area contributed by atoms with Gasteiger partial charge < -0.3 is 0 Å². The van der Waals surface area contributed by atoms with Gasteiger partial charge in [-0.15, -0.1) is 0 Å². The van der Waals surface area contributed by atoms with Gasteiger partial charge in [-0.3, -0.25) is 9.59 Å². The second-order valence-electron chi connectivity index (χ2n) is 2.58. The number of alkyl halides is 1. The molecule has 0 heterocycles. The fourth-order valence-corrected chi connectivity index (χ4v) is 1.25. The van der Waals surface area contributed by atoms with Gasteiger partial charge in [0.1, 0.15) is 18.7 Å².